The second-order valence-electron chi connectivity index (χ2n) is 2.66. The van der Waals surface area contributed by atoms with Crippen molar-refractivity contribution in [3.8, 4) is 11.3 Å². The van der Waals surface area contributed by atoms with Crippen LogP contribution in [0.5, 0.6) is 0 Å². The van der Waals surface area contributed by atoms with Crippen LogP contribution in [-0.2, 0) is 0 Å². The Bertz CT molecular complexity index is 362. The molecule has 2 rings (SSSR count). The fraction of sp³-hybridized carbons (Fsp3) is 0.100. The average molecular weight is 157 g/mol. The molecule has 0 spiro atoms. The number of aryl methyl sites for hydroxylation is 1. The lowest BCUT2D eigenvalue weighted by Gasteiger charge is -1.92. The minimum absolute atomic E-state index is 0.883. The van der Waals surface area contributed by atoms with Gasteiger partial charge in [-0.25, -0.2) is 4.98 Å². The number of hydrogen-bond donors (Lipinski definition) is 1. The summed E-state index contributed by atoms with van der Waals surface area (Å²) in [6, 6.07) is 10.0. The summed E-state index contributed by atoms with van der Waals surface area (Å²) in [5.41, 5.74) is 1.98. The van der Waals surface area contributed by atoms with E-state index >= 15 is 0 Å². The first-order valence-corrected chi connectivity index (χ1v) is 3.86. The van der Waals surface area contributed by atoms with Crippen LogP contribution in [0.2, 0.25) is 0 Å². The van der Waals surface area contributed by atoms with Crippen molar-refractivity contribution in [2.24, 2.45) is 0 Å². The number of hydrogen-bond acceptors (Lipinski definition) is 1. The molecular formula is C10H9N2. The van der Waals surface area contributed by atoms with Crippen LogP contribution in [0.3, 0.4) is 0 Å². The number of rotatable bonds is 1. The van der Waals surface area contributed by atoms with E-state index in [2.05, 4.69) is 16.2 Å². The number of aromatic amines is 1. The first kappa shape index (κ1) is 7.10. The molecular weight excluding hydrogens is 148 g/mol. The maximum Gasteiger partial charge on any atom is 0.104 e. The van der Waals surface area contributed by atoms with Gasteiger partial charge in [-0.3, -0.25) is 0 Å². The van der Waals surface area contributed by atoms with Gasteiger partial charge in [0.05, 0.1) is 11.9 Å². The zero-order chi connectivity index (χ0) is 8.39. The lowest BCUT2D eigenvalue weighted by molar-refractivity contribution is 1.15. The average Bonchev–Trinajstić information content (AvgIpc) is 2.54. The molecule has 1 aromatic heterocycles. The zero-order valence-electron chi connectivity index (χ0n) is 6.83. The van der Waals surface area contributed by atoms with Gasteiger partial charge in [-0.2, -0.15) is 0 Å². The largest absolute Gasteiger partial charge is 0.340 e. The summed E-state index contributed by atoms with van der Waals surface area (Å²) in [5.74, 6) is 0.897. The highest BCUT2D eigenvalue weighted by Gasteiger charge is 1.99. The molecule has 0 aliphatic rings. The highest BCUT2D eigenvalue weighted by atomic mass is 14.9. The van der Waals surface area contributed by atoms with Gasteiger partial charge in [0.15, 0.2) is 0 Å². The zero-order valence-corrected chi connectivity index (χ0v) is 6.83. The quantitative estimate of drug-likeness (QED) is 0.675. The maximum atomic E-state index is 4.27. The Hall–Kier alpha value is -1.57. The number of imidazole rings is 1. The lowest BCUT2D eigenvalue weighted by Crippen LogP contribution is -1.76. The SMILES string of the molecule is Cc1nc(-c2ccccc2)[c][nH]1. The van der Waals surface area contributed by atoms with Gasteiger partial charge in [-0.15, -0.1) is 0 Å². The Morgan fingerprint density at radius 1 is 1.25 bits per heavy atom. The molecule has 0 saturated heterocycles. The highest BCUT2D eigenvalue weighted by Crippen LogP contribution is 2.14. The van der Waals surface area contributed by atoms with Crippen molar-refractivity contribution in [1.82, 2.24) is 9.97 Å². The van der Waals surface area contributed by atoms with Crippen molar-refractivity contribution in [2.75, 3.05) is 0 Å². The minimum Gasteiger partial charge on any atom is -0.340 e. The molecule has 0 bridgehead atoms. The molecule has 2 aromatic rings. The first-order chi connectivity index (χ1) is 5.86. The summed E-state index contributed by atoms with van der Waals surface area (Å²) in [4.78, 5) is 7.20. The molecule has 2 heteroatoms. The summed E-state index contributed by atoms with van der Waals surface area (Å²) < 4.78 is 0. The molecule has 0 saturated carbocycles. The van der Waals surface area contributed by atoms with Crippen molar-refractivity contribution < 1.29 is 0 Å². The van der Waals surface area contributed by atoms with Crippen LogP contribution in [0.25, 0.3) is 11.3 Å². The number of H-pyrrole nitrogens is 1. The fourth-order valence-electron chi connectivity index (χ4n) is 1.11. The van der Waals surface area contributed by atoms with Crippen LogP contribution in [-0.4, -0.2) is 9.97 Å². The molecule has 2 nitrogen and oxygen atoms in total. The third-order valence-electron chi connectivity index (χ3n) is 1.69. The van der Waals surface area contributed by atoms with Crippen LogP contribution < -0.4 is 0 Å². The van der Waals surface area contributed by atoms with E-state index in [-0.39, 0.29) is 0 Å². The van der Waals surface area contributed by atoms with E-state index in [4.69, 9.17) is 0 Å². The Kier molecular flexibility index (Phi) is 1.67. The lowest BCUT2D eigenvalue weighted by atomic mass is 10.2. The normalized spacial score (nSPS) is 10.1. The smallest absolute Gasteiger partial charge is 0.104 e. The Morgan fingerprint density at radius 2 is 2.00 bits per heavy atom. The first-order valence-electron chi connectivity index (χ1n) is 3.86. The third-order valence-corrected chi connectivity index (χ3v) is 1.69. The minimum atomic E-state index is 0.883. The van der Waals surface area contributed by atoms with Crippen LogP contribution in [0.15, 0.2) is 30.3 Å². The van der Waals surface area contributed by atoms with E-state index in [1.165, 1.54) is 0 Å². The Balaban J connectivity index is 2.45. The van der Waals surface area contributed by atoms with Crippen LogP contribution in [0.1, 0.15) is 5.82 Å². The number of nitrogens with zero attached hydrogens (tertiary/aromatic N) is 1. The predicted octanol–water partition coefficient (Wildman–Crippen LogP) is 2.19. The summed E-state index contributed by atoms with van der Waals surface area (Å²) in [7, 11) is 0. The molecule has 1 heterocycles. The third kappa shape index (κ3) is 1.23. The number of nitrogens with one attached hydrogen (secondary N) is 1. The van der Waals surface area contributed by atoms with E-state index in [1.807, 2.05) is 37.3 Å². The molecule has 59 valence electrons. The monoisotopic (exact) mass is 157 g/mol. The van der Waals surface area contributed by atoms with E-state index < -0.39 is 0 Å². The van der Waals surface area contributed by atoms with Crippen LogP contribution in [0.4, 0.5) is 0 Å². The molecule has 0 aliphatic carbocycles. The summed E-state index contributed by atoms with van der Waals surface area (Å²) in [5, 5.41) is 0. The van der Waals surface area contributed by atoms with Crippen LogP contribution in [0, 0.1) is 13.1 Å². The molecule has 0 fully saturated rings. The van der Waals surface area contributed by atoms with Crippen molar-refractivity contribution >= 4 is 0 Å². The van der Waals surface area contributed by atoms with Crippen molar-refractivity contribution in [1.29, 1.82) is 0 Å². The summed E-state index contributed by atoms with van der Waals surface area (Å²) >= 11 is 0. The molecule has 1 radical (unpaired) electrons. The summed E-state index contributed by atoms with van der Waals surface area (Å²) in [6.07, 6.45) is 2.99. The van der Waals surface area contributed by atoms with Crippen molar-refractivity contribution in [3.63, 3.8) is 0 Å². The van der Waals surface area contributed by atoms with Crippen molar-refractivity contribution in [2.45, 2.75) is 6.92 Å². The standard InChI is InChI=1S/C10H9N2/c1-8-11-7-10(12-8)9-5-3-2-4-6-9/h2-6H,1H3,(H,11,12). The highest BCUT2D eigenvalue weighted by molar-refractivity contribution is 5.57. The molecule has 0 amide bonds. The van der Waals surface area contributed by atoms with Gasteiger partial charge >= 0.3 is 0 Å². The fourth-order valence-corrected chi connectivity index (χ4v) is 1.11. The maximum absolute atomic E-state index is 4.27. The number of aromatic nitrogens is 2. The van der Waals surface area contributed by atoms with E-state index in [0.29, 0.717) is 0 Å². The van der Waals surface area contributed by atoms with E-state index in [1.54, 1.807) is 0 Å². The molecule has 1 N–H and O–H groups in total. The van der Waals surface area contributed by atoms with Gasteiger partial charge in [0.25, 0.3) is 0 Å². The van der Waals surface area contributed by atoms with Gasteiger partial charge in [0.2, 0.25) is 0 Å². The van der Waals surface area contributed by atoms with Gasteiger partial charge < -0.3 is 4.98 Å². The van der Waals surface area contributed by atoms with Crippen molar-refractivity contribution in [3.05, 3.63) is 42.4 Å². The van der Waals surface area contributed by atoms with E-state index in [9.17, 15) is 0 Å². The molecule has 0 atom stereocenters. The second kappa shape index (κ2) is 2.81. The molecule has 0 aliphatic heterocycles. The molecule has 12 heavy (non-hydrogen) atoms. The van der Waals surface area contributed by atoms with Gasteiger partial charge in [0, 0.05) is 5.56 Å². The second-order valence-corrected chi connectivity index (χ2v) is 2.66. The topological polar surface area (TPSA) is 28.7 Å². The van der Waals surface area contributed by atoms with Gasteiger partial charge in [-0.1, -0.05) is 30.3 Å². The Morgan fingerprint density at radius 3 is 2.58 bits per heavy atom. The number of benzene rings is 1. The predicted molar refractivity (Wildman–Crippen MR) is 47.6 cm³/mol. The van der Waals surface area contributed by atoms with E-state index in [0.717, 1.165) is 17.1 Å². The summed E-state index contributed by atoms with van der Waals surface area (Å²) in [6.45, 7) is 1.92. The molecule has 0 unspecified atom stereocenters. The molecule has 1 aromatic carbocycles. The van der Waals surface area contributed by atoms with Crippen LogP contribution >= 0.6 is 0 Å². The Labute approximate surface area is 71.3 Å². The van der Waals surface area contributed by atoms with Gasteiger partial charge in [0.1, 0.15) is 5.82 Å². The van der Waals surface area contributed by atoms with Gasteiger partial charge in [-0.05, 0) is 6.92 Å².